The summed E-state index contributed by atoms with van der Waals surface area (Å²) in [6.07, 6.45) is 1.18. The van der Waals surface area contributed by atoms with E-state index in [1.54, 1.807) is 0 Å². The van der Waals surface area contributed by atoms with E-state index in [2.05, 4.69) is 4.90 Å². The third kappa shape index (κ3) is 1.10. The van der Waals surface area contributed by atoms with E-state index >= 15 is 0 Å². The van der Waals surface area contributed by atoms with E-state index in [0.29, 0.717) is 10.5 Å². The monoisotopic (exact) mass is 172 g/mol. The Labute approximate surface area is 71.5 Å². The first-order chi connectivity index (χ1) is 5.22. The Morgan fingerprint density at radius 3 is 2.55 bits per heavy atom. The van der Waals surface area contributed by atoms with Crippen molar-refractivity contribution in [1.82, 2.24) is 4.90 Å². The van der Waals surface area contributed by atoms with Gasteiger partial charge in [0.15, 0.2) is 5.11 Å². The number of nitrogens with zero attached hydrogens (tertiary/aromatic N) is 1. The van der Waals surface area contributed by atoms with E-state index in [9.17, 15) is 0 Å². The molecule has 0 aromatic carbocycles. The maximum atomic E-state index is 5.51. The molecule has 2 aliphatic heterocycles. The minimum absolute atomic E-state index is 0.406. The van der Waals surface area contributed by atoms with Gasteiger partial charge in [0, 0.05) is 18.5 Å². The second kappa shape index (κ2) is 2.32. The molecule has 2 heterocycles. The lowest BCUT2D eigenvalue weighted by atomic mass is 9.85. The number of nitrogens with two attached hydrogens (primary N) is 1. The molecule has 0 bridgehead atoms. The summed E-state index contributed by atoms with van der Waals surface area (Å²) in [5, 5.41) is 0.536. The van der Waals surface area contributed by atoms with Crippen molar-refractivity contribution in [3.63, 3.8) is 0 Å². The Morgan fingerprint density at radius 1 is 1.55 bits per heavy atom. The summed E-state index contributed by atoms with van der Waals surface area (Å²) in [5.41, 5.74) is 5.92. The Bertz CT molecular complexity index is 191. The maximum Gasteiger partial charge on any atom is 0.166 e. The average molecular weight is 172 g/mol. The fourth-order valence-corrected chi connectivity index (χ4v) is 1.91. The Balaban J connectivity index is 1.98. The first-order valence-electron chi connectivity index (χ1n) is 3.84. The van der Waals surface area contributed by atoms with Gasteiger partial charge >= 0.3 is 0 Å². The lowest BCUT2D eigenvalue weighted by Gasteiger charge is -2.37. The van der Waals surface area contributed by atoms with E-state index in [0.717, 1.165) is 26.3 Å². The molecule has 0 unspecified atom stereocenters. The molecule has 4 heteroatoms. The molecule has 11 heavy (non-hydrogen) atoms. The predicted octanol–water partition coefficient (Wildman–Crippen LogP) is -0.0477. The van der Waals surface area contributed by atoms with Gasteiger partial charge in [-0.2, -0.15) is 0 Å². The zero-order chi connectivity index (χ0) is 7.90. The third-order valence-corrected chi connectivity index (χ3v) is 2.82. The molecule has 2 saturated heterocycles. The molecule has 0 aromatic heterocycles. The van der Waals surface area contributed by atoms with Crippen LogP contribution in [-0.2, 0) is 4.74 Å². The highest BCUT2D eigenvalue weighted by molar-refractivity contribution is 7.80. The summed E-state index contributed by atoms with van der Waals surface area (Å²) in [6.45, 7) is 3.80. The lowest BCUT2D eigenvalue weighted by molar-refractivity contribution is -0.102. The van der Waals surface area contributed by atoms with E-state index in [-0.39, 0.29) is 0 Å². The fraction of sp³-hybridized carbons (Fsp3) is 0.857. The van der Waals surface area contributed by atoms with Crippen LogP contribution in [0.5, 0.6) is 0 Å². The van der Waals surface area contributed by atoms with Gasteiger partial charge < -0.3 is 15.4 Å². The van der Waals surface area contributed by atoms with Crippen LogP contribution in [0.1, 0.15) is 6.42 Å². The molecule has 62 valence electrons. The van der Waals surface area contributed by atoms with Crippen LogP contribution < -0.4 is 5.73 Å². The molecule has 2 rings (SSSR count). The van der Waals surface area contributed by atoms with Gasteiger partial charge in [-0.3, -0.25) is 0 Å². The van der Waals surface area contributed by atoms with Gasteiger partial charge in [-0.1, -0.05) is 0 Å². The smallest absolute Gasteiger partial charge is 0.166 e. The number of ether oxygens (including phenoxy) is 1. The minimum Gasteiger partial charge on any atom is -0.380 e. The van der Waals surface area contributed by atoms with Crippen molar-refractivity contribution in [2.75, 3.05) is 26.3 Å². The molecule has 0 aliphatic carbocycles. The molecule has 2 fully saturated rings. The van der Waals surface area contributed by atoms with Crippen LogP contribution in [0, 0.1) is 5.41 Å². The van der Waals surface area contributed by atoms with Crippen LogP contribution in [0.25, 0.3) is 0 Å². The van der Waals surface area contributed by atoms with Crippen LogP contribution in [0.2, 0.25) is 0 Å². The fourth-order valence-electron chi connectivity index (χ4n) is 1.75. The molecule has 0 amide bonds. The van der Waals surface area contributed by atoms with Crippen molar-refractivity contribution in [1.29, 1.82) is 0 Å². The van der Waals surface area contributed by atoms with Crippen LogP contribution in [0.15, 0.2) is 0 Å². The number of hydrogen-bond donors (Lipinski definition) is 1. The third-order valence-electron chi connectivity index (χ3n) is 2.57. The van der Waals surface area contributed by atoms with Gasteiger partial charge in [0.2, 0.25) is 0 Å². The lowest BCUT2D eigenvalue weighted by Crippen LogP contribution is -2.46. The molecule has 3 nitrogen and oxygen atoms in total. The van der Waals surface area contributed by atoms with Gasteiger partial charge in [0.05, 0.1) is 13.2 Å². The average Bonchev–Trinajstić information content (AvgIpc) is 2.28. The number of thiocarbonyl (C=S) groups is 1. The van der Waals surface area contributed by atoms with Crippen LogP contribution in [0.4, 0.5) is 0 Å². The summed E-state index contributed by atoms with van der Waals surface area (Å²) >= 11 is 4.89. The van der Waals surface area contributed by atoms with Gasteiger partial charge in [-0.15, -0.1) is 0 Å². The van der Waals surface area contributed by atoms with E-state index < -0.39 is 0 Å². The summed E-state index contributed by atoms with van der Waals surface area (Å²) < 4.78 is 5.18. The highest BCUT2D eigenvalue weighted by Gasteiger charge is 2.44. The standard InChI is InChI=1S/C7H12N2OS/c8-6(11)9-2-1-7(3-9)4-10-5-7/h1-5H2,(H2,8,11). The Hall–Kier alpha value is -0.350. The summed E-state index contributed by atoms with van der Waals surface area (Å²) in [6, 6.07) is 0. The van der Waals surface area contributed by atoms with Gasteiger partial charge in [-0.25, -0.2) is 0 Å². The first-order valence-corrected chi connectivity index (χ1v) is 4.25. The molecule has 0 saturated carbocycles. The van der Waals surface area contributed by atoms with E-state index in [4.69, 9.17) is 22.7 Å². The number of hydrogen-bond acceptors (Lipinski definition) is 2. The molecule has 1 spiro atoms. The normalized spacial score (nSPS) is 27.1. The molecule has 0 radical (unpaired) electrons. The van der Waals surface area contributed by atoms with Gasteiger partial charge in [0.1, 0.15) is 0 Å². The molecule has 0 atom stereocenters. The van der Waals surface area contributed by atoms with Crippen LogP contribution >= 0.6 is 12.2 Å². The summed E-state index contributed by atoms with van der Waals surface area (Å²) in [7, 11) is 0. The van der Waals surface area contributed by atoms with Crippen molar-refractivity contribution in [3.05, 3.63) is 0 Å². The van der Waals surface area contributed by atoms with Crippen molar-refractivity contribution in [3.8, 4) is 0 Å². The van der Waals surface area contributed by atoms with Crippen LogP contribution in [-0.4, -0.2) is 36.3 Å². The van der Waals surface area contributed by atoms with Gasteiger partial charge in [0.25, 0.3) is 0 Å². The number of likely N-dealkylation sites (tertiary alicyclic amines) is 1. The maximum absolute atomic E-state index is 5.51. The summed E-state index contributed by atoms with van der Waals surface area (Å²) in [5.74, 6) is 0. The Kier molecular flexibility index (Phi) is 1.54. The molecule has 2 aliphatic rings. The topological polar surface area (TPSA) is 38.5 Å². The van der Waals surface area contributed by atoms with Crippen molar-refractivity contribution in [2.24, 2.45) is 11.1 Å². The minimum atomic E-state index is 0.406. The van der Waals surface area contributed by atoms with Crippen LogP contribution in [0.3, 0.4) is 0 Å². The zero-order valence-corrected chi connectivity index (χ0v) is 7.19. The molecular formula is C7H12N2OS. The van der Waals surface area contributed by atoms with E-state index in [1.807, 2.05) is 0 Å². The van der Waals surface area contributed by atoms with Crippen molar-refractivity contribution in [2.45, 2.75) is 6.42 Å². The molecule has 2 N–H and O–H groups in total. The molecular weight excluding hydrogens is 160 g/mol. The second-order valence-corrected chi connectivity index (χ2v) is 3.92. The largest absolute Gasteiger partial charge is 0.380 e. The first kappa shape index (κ1) is 7.31. The number of rotatable bonds is 0. The Morgan fingerprint density at radius 2 is 2.27 bits per heavy atom. The summed E-state index contributed by atoms with van der Waals surface area (Å²) in [4.78, 5) is 2.07. The highest BCUT2D eigenvalue weighted by Crippen LogP contribution is 2.37. The predicted molar refractivity (Wildman–Crippen MR) is 46.2 cm³/mol. The van der Waals surface area contributed by atoms with Crippen molar-refractivity contribution < 1.29 is 4.74 Å². The zero-order valence-electron chi connectivity index (χ0n) is 6.38. The second-order valence-electron chi connectivity index (χ2n) is 3.50. The molecule has 0 aromatic rings. The highest BCUT2D eigenvalue weighted by atomic mass is 32.1. The van der Waals surface area contributed by atoms with E-state index in [1.165, 1.54) is 6.42 Å². The van der Waals surface area contributed by atoms with Crippen molar-refractivity contribution >= 4 is 17.3 Å². The SMILES string of the molecule is NC(=S)N1CCC2(COC2)C1. The quantitative estimate of drug-likeness (QED) is 0.520. The van der Waals surface area contributed by atoms with Gasteiger partial charge in [-0.05, 0) is 18.6 Å².